The maximum Gasteiger partial charge on any atom is 0.336 e. The van der Waals surface area contributed by atoms with E-state index in [0.29, 0.717) is 44.4 Å². The van der Waals surface area contributed by atoms with Crippen molar-refractivity contribution in [3.63, 3.8) is 0 Å². The third kappa shape index (κ3) is 5.03. The standard InChI is InChI=1S/C28H24ClN5O3S/c1-16-9-3-8-14-22(16)31-25(35)23-17(2)30-27-32-28(38-15-18-10-4-7-13-21(18)29)33-34(27)24(23)19-11-5-6-12-20(19)26(36)37/h3-14,24H,15H2,1-2H3,(H,31,35)(H,36,37)(H,30,32,33). The lowest BCUT2D eigenvalue weighted by molar-refractivity contribution is -0.113. The maximum absolute atomic E-state index is 13.7. The molecule has 0 saturated heterocycles. The summed E-state index contributed by atoms with van der Waals surface area (Å²) >= 11 is 7.72. The van der Waals surface area contributed by atoms with Crippen molar-refractivity contribution in [2.24, 2.45) is 0 Å². The highest BCUT2D eigenvalue weighted by Gasteiger charge is 2.36. The van der Waals surface area contributed by atoms with E-state index in [-0.39, 0.29) is 11.5 Å². The van der Waals surface area contributed by atoms with Gasteiger partial charge in [-0.25, -0.2) is 9.48 Å². The molecule has 0 fully saturated rings. The number of fused-ring (bicyclic) bond motifs is 1. The molecule has 5 rings (SSSR count). The predicted molar refractivity (Wildman–Crippen MR) is 149 cm³/mol. The average Bonchev–Trinajstić information content (AvgIpc) is 3.31. The zero-order chi connectivity index (χ0) is 26.8. The lowest BCUT2D eigenvalue weighted by atomic mass is 9.91. The number of anilines is 2. The number of amides is 1. The molecule has 8 nitrogen and oxygen atoms in total. The minimum atomic E-state index is -1.09. The molecule has 4 aromatic rings. The number of benzene rings is 3. The molecule has 1 amide bonds. The van der Waals surface area contributed by atoms with Gasteiger partial charge in [0, 0.05) is 22.2 Å². The van der Waals surface area contributed by atoms with Crippen LogP contribution in [0.1, 0.15) is 40.0 Å². The van der Waals surface area contributed by atoms with Gasteiger partial charge in [0.25, 0.3) is 5.91 Å². The minimum Gasteiger partial charge on any atom is -0.478 e. The van der Waals surface area contributed by atoms with Crippen LogP contribution in [-0.4, -0.2) is 31.7 Å². The van der Waals surface area contributed by atoms with E-state index in [1.54, 1.807) is 29.8 Å². The molecule has 0 aliphatic carbocycles. The van der Waals surface area contributed by atoms with E-state index in [2.05, 4.69) is 15.6 Å². The molecule has 1 aromatic heterocycles. The van der Waals surface area contributed by atoms with Gasteiger partial charge in [0.05, 0.1) is 11.1 Å². The Bertz CT molecular complexity index is 1580. The second-order valence-corrected chi connectivity index (χ2v) is 10.1. The zero-order valence-electron chi connectivity index (χ0n) is 20.6. The summed E-state index contributed by atoms with van der Waals surface area (Å²) in [4.78, 5) is 30.5. The van der Waals surface area contributed by atoms with Crippen LogP contribution in [0.2, 0.25) is 5.02 Å². The average molecular weight is 546 g/mol. The first-order valence-corrected chi connectivity index (χ1v) is 13.2. The number of hydrogen-bond acceptors (Lipinski definition) is 6. The number of halogens is 1. The molecule has 1 atom stereocenters. The second-order valence-electron chi connectivity index (χ2n) is 8.77. The summed E-state index contributed by atoms with van der Waals surface area (Å²) in [6.07, 6.45) is 0. The Morgan fingerprint density at radius 2 is 1.76 bits per heavy atom. The minimum absolute atomic E-state index is 0.0834. The van der Waals surface area contributed by atoms with Gasteiger partial charge in [0.15, 0.2) is 0 Å². The molecule has 0 radical (unpaired) electrons. The molecule has 38 heavy (non-hydrogen) atoms. The number of aromatic carboxylic acids is 1. The maximum atomic E-state index is 13.7. The van der Waals surface area contributed by atoms with E-state index in [1.807, 2.05) is 55.5 Å². The number of hydrogen-bond donors (Lipinski definition) is 3. The van der Waals surface area contributed by atoms with Crippen LogP contribution in [0.25, 0.3) is 0 Å². The fraction of sp³-hybridized carbons (Fsp3) is 0.143. The van der Waals surface area contributed by atoms with Crippen LogP contribution in [-0.2, 0) is 10.5 Å². The van der Waals surface area contributed by atoms with Crippen molar-refractivity contribution in [3.05, 3.63) is 111 Å². The first-order chi connectivity index (χ1) is 18.3. The van der Waals surface area contributed by atoms with E-state index in [9.17, 15) is 14.7 Å². The topological polar surface area (TPSA) is 109 Å². The predicted octanol–water partition coefficient (Wildman–Crippen LogP) is 6.16. The third-order valence-corrected chi connectivity index (χ3v) is 7.53. The number of aryl methyl sites for hydroxylation is 1. The number of thioether (sulfide) groups is 1. The van der Waals surface area contributed by atoms with E-state index in [0.717, 1.165) is 11.1 Å². The molecule has 1 unspecified atom stereocenters. The quantitative estimate of drug-likeness (QED) is 0.239. The van der Waals surface area contributed by atoms with Crippen molar-refractivity contribution in [1.82, 2.24) is 14.8 Å². The lowest BCUT2D eigenvalue weighted by Crippen LogP contribution is -2.32. The van der Waals surface area contributed by atoms with Crippen molar-refractivity contribution in [1.29, 1.82) is 0 Å². The van der Waals surface area contributed by atoms with Gasteiger partial charge in [-0.3, -0.25) is 4.79 Å². The summed E-state index contributed by atoms with van der Waals surface area (Å²) in [7, 11) is 0. The number of rotatable bonds is 7. The fourth-order valence-corrected chi connectivity index (χ4v) is 5.48. The Kier molecular flexibility index (Phi) is 7.22. The van der Waals surface area contributed by atoms with Gasteiger partial charge < -0.3 is 15.7 Å². The first kappa shape index (κ1) is 25.6. The Hall–Kier alpha value is -4.08. The molecule has 1 aliphatic rings. The van der Waals surface area contributed by atoms with Crippen LogP contribution in [0.3, 0.4) is 0 Å². The Morgan fingerprint density at radius 3 is 2.53 bits per heavy atom. The third-order valence-electron chi connectivity index (χ3n) is 6.27. The molecule has 0 bridgehead atoms. The molecule has 3 aromatic carbocycles. The van der Waals surface area contributed by atoms with Crippen molar-refractivity contribution in [2.75, 3.05) is 10.6 Å². The summed E-state index contributed by atoms with van der Waals surface area (Å²) < 4.78 is 1.58. The lowest BCUT2D eigenvalue weighted by Gasteiger charge is -2.29. The van der Waals surface area contributed by atoms with E-state index in [4.69, 9.17) is 16.7 Å². The summed E-state index contributed by atoms with van der Waals surface area (Å²) in [6, 6.07) is 20.9. The van der Waals surface area contributed by atoms with Crippen LogP contribution in [0.4, 0.5) is 11.6 Å². The van der Waals surface area contributed by atoms with Gasteiger partial charge in [-0.2, -0.15) is 4.98 Å². The number of carboxylic acid groups (broad SMARTS) is 1. The van der Waals surface area contributed by atoms with Crippen LogP contribution < -0.4 is 10.6 Å². The summed E-state index contributed by atoms with van der Waals surface area (Å²) in [5.74, 6) is -0.486. The first-order valence-electron chi connectivity index (χ1n) is 11.8. The SMILES string of the molecule is CC1=C(C(=O)Nc2ccccc2C)C(c2ccccc2C(=O)O)n2nc(SCc3ccccc3Cl)nc2N1. The summed E-state index contributed by atoms with van der Waals surface area (Å²) in [5, 5.41) is 22.0. The number of nitrogens with zero attached hydrogens (tertiary/aromatic N) is 3. The number of nitrogens with one attached hydrogen (secondary N) is 2. The van der Waals surface area contributed by atoms with Crippen LogP contribution in [0, 0.1) is 6.92 Å². The Balaban J connectivity index is 1.56. The molecular formula is C28H24ClN5O3S. The molecule has 0 spiro atoms. The summed E-state index contributed by atoms with van der Waals surface area (Å²) in [6.45, 7) is 3.68. The number of carbonyl (C=O) groups is 2. The molecule has 0 saturated carbocycles. The number of carbonyl (C=O) groups excluding carboxylic acids is 1. The molecular weight excluding hydrogens is 522 g/mol. The van der Waals surface area contributed by atoms with Crippen molar-refractivity contribution in [2.45, 2.75) is 30.8 Å². The van der Waals surface area contributed by atoms with E-state index < -0.39 is 12.0 Å². The summed E-state index contributed by atoms with van der Waals surface area (Å²) in [5.41, 5.74) is 3.95. The normalized spacial score (nSPS) is 14.6. The zero-order valence-corrected chi connectivity index (χ0v) is 22.2. The van der Waals surface area contributed by atoms with Crippen LogP contribution >= 0.6 is 23.4 Å². The van der Waals surface area contributed by atoms with Crippen molar-refractivity contribution >= 4 is 46.9 Å². The largest absolute Gasteiger partial charge is 0.478 e. The van der Waals surface area contributed by atoms with Gasteiger partial charge in [-0.15, -0.1) is 5.10 Å². The number of aromatic nitrogens is 3. The van der Waals surface area contributed by atoms with Crippen LogP contribution in [0.5, 0.6) is 0 Å². The fourth-order valence-electron chi connectivity index (χ4n) is 4.36. The molecule has 10 heteroatoms. The van der Waals surface area contributed by atoms with Gasteiger partial charge in [-0.05, 0) is 48.7 Å². The molecule has 2 heterocycles. The van der Waals surface area contributed by atoms with Gasteiger partial charge in [0.2, 0.25) is 11.1 Å². The highest BCUT2D eigenvalue weighted by Crippen LogP contribution is 2.38. The van der Waals surface area contributed by atoms with Crippen LogP contribution in [0.15, 0.2) is 89.2 Å². The Morgan fingerprint density at radius 1 is 1.05 bits per heavy atom. The van der Waals surface area contributed by atoms with E-state index in [1.165, 1.54) is 17.8 Å². The van der Waals surface area contributed by atoms with Gasteiger partial charge >= 0.3 is 5.97 Å². The number of para-hydroxylation sites is 1. The monoisotopic (exact) mass is 545 g/mol. The highest BCUT2D eigenvalue weighted by molar-refractivity contribution is 7.98. The Labute approximate surface area is 228 Å². The number of allylic oxidation sites excluding steroid dienone is 1. The second kappa shape index (κ2) is 10.7. The van der Waals surface area contributed by atoms with Gasteiger partial charge in [-0.1, -0.05) is 78.0 Å². The molecule has 3 N–H and O–H groups in total. The van der Waals surface area contributed by atoms with E-state index >= 15 is 0 Å². The van der Waals surface area contributed by atoms with Crippen molar-refractivity contribution in [3.8, 4) is 0 Å². The number of carboxylic acids is 1. The van der Waals surface area contributed by atoms with Gasteiger partial charge in [0.1, 0.15) is 6.04 Å². The smallest absolute Gasteiger partial charge is 0.336 e. The molecule has 192 valence electrons. The highest BCUT2D eigenvalue weighted by atomic mass is 35.5. The molecule has 1 aliphatic heterocycles. The van der Waals surface area contributed by atoms with Crippen molar-refractivity contribution < 1.29 is 14.7 Å².